The Morgan fingerprint density at radius 1 is 0.614 bits per heavy atom. The highest BCUT2D eigenvalue weighted by atomic mass is 16.5. The van der Waals surface area contributed by atoms with Gasteiger partial charge in [0.1, 0.15) is 31.5 Å². The summed E-state index contributed by atoms with van der Waals surface area (Å²) in [6, 6.07) is 8.32. The maximum absolute atomic E-state index is 12.7. The highest BCUT2D eigenvalue weighted by Crippen LogP contribution is 2.25. The van der Waals surface area contributed by atoms with E-state index in [9.17, 15) is 29.7 Å². The third-order valence-corrected chi connectivity index (χ3v) is 11.2. The van der Waals surface area contributed by atoms with E-state index < -0.39 is 49.1 Å². The monoisotopic (exact) mass is 804 g/mol. The molecular weight excluding hydrogens is 723 g/mol. The summed E-state index contributed by atoms with van der Waals surface area (Å²) in [5.74, 6) is -0.317. The molecular formula is C46H81N3O8. The summed E-state index contributed by atoms with van der Waals surface area (Å²) in [6.45, 7) is 2.36. The first-order valence-corrected chi connectivity index (χ1v) is 23.0. The maximum atomic E-state index is 12.7. The van der Waals surface area contributed by atoms with Crippen LogP contribution >= 0.6 is 0 Å². The first-order chi connectivity index (χ1) is 27.8. The molecule has 328 valence electrons. The number of amides is 3. The second-order valence-corrected chi connectivity index (χ2v) is 16.3. The van der Waals surface area contributed by atoms with E-state index in [0.29, 0.717) is 12.8 Å². The second-order valence-electron chi connectivity index (χ2n) is 16.3. The van der Waals surface area contributed by atoms with Gasteiger partial charge >= 0.3 is 6.09 Å². The highest BCUT2D eigenvalue weighted by Gasteiger charge is 2.44. The second kappa shape index (κ2) is 34.2. The number of carbonyl (C=O) groups excluding carboxylic acids is 3. The molecule has 11 nitrogen and oxygen atoms in total. The minimum absolute atomic E-state index is 0.0746. The average Bonchev–Trinajstić information content (AvgIpc) is 3.22. The Balaban J connectivity index is 1.41. The van der Waals surface area contributed by atoms with Gasteiger partial charge in [0, 0.05) is 13.0 Å². The quantitative estimate of drug-likeness (QED) is 0.0372. The lowest BCUT2D eigenvalue weighted by molar-refractivity contribution is -0.196. The van der Waals surface area contributed by atoms with Gasteiger partial charge in [-0.1, -0.05) is 185 Å². The molecule has 1 heterocycles. The molecule has 0 spiro atoms. The minimum atomic E-state index is -1.35. The van der Waals surface area contributed by atoms with E-state index >= 15 is 0 Å². The van der Waals surface area contributed by atoms with Gasteiger partial charge in [0.15, 0.2) is 0 Å². The molecule has 1 saturated heterocycles. The number of hydrogen-bond acceptors (Lipinski definition) is 8. The molecule has 1 aliphatic rings. The Morgan fingerprint density at radius 3 is 1.67 bits per heavy atom. The molecule has 1 aliphatic heterocycles. The Hall–Kier alpha value is -2.73. The van der Waals surface area contributed by atoms with Crippen molar-refractivity contribution in [3.05, 3.63) is 35.9 Å². The van der Waals surface area contributed by atoms with E-state index in [4.69, 9.17) is 9.47 Å². The van der Waals surface area contributed by atoms with Gasteiger partial charge in [0.05, 0.1) is 18.8 Å². The standard InChI is InChI=1S/C46H81N3O8/c1-2-3-4-5-6-7-12-16-19-22-28-33-41(51)47-34-29-23-20-17-14-11-9-8-10-13-15-18-21-27-32-39-43(45(54)44(53)40(36-50)57-39)49-42(52)35-48-46(55)56-37-38-30-25-24-26-31-38/h24-26,30-31,39-40,43-45,50,53-54H,2-23,27-29,32-37H2,1H3,(H,47,51)(H,48,55)(H,49,52)/t39-,40+,43-,44+,45+/m0/s1. The molecule has 0 radical (unpaired) electrons. The SMILES string of the molecule is CCCCCCCCCCCCCC(=O)NCCCCCCCCCCCCCCCC[C@@H]1O[C@H](CO)[C@@H](O)[C@H](O)[C@H]1NC(=O)CNC(=O)OCc1ccccc1. The summed E-state index contributed by atoms with van der Waals surface area (Å²) in [5, 5.41) is 39.1. The summed E-state index contributed by atoms with van der Waals surface area (Å²) in [6.07, 6.45) is 27.1. The van der Waals surface area contributed by atoms with Crippen LogP contribution in [0.2, 0.25) is 0 Å². The number of benzene rings is 1. The van der Waals surface area contributed by atoms with Gasteiger partial charge in [-0.3, -0.25) is 9.59 Å². The molecule has 0 bridgehead atoms. The zero-order chi connectivity index (χ0) is 41.2. The Labute approximate surface area is 345 Å². The zero-order valence-corrected chi connectivity index (χ0v) is 35.6. The third-order valence-electron chi connectivity index (χ3n) is 11.2. The number of aliphatic hydroxyl groups excluding tert-OH is 3. The van der Waals surface area contributed by atoms with Crippen LogP contribution in [0, 0.1) is 0 Å². The molecule has 11 heteroatoms. The summed E-state index contributed by atoms with van der Waals surface area (Å²) >= 11 is 0. The fourth-order valence-corrected chi connectivity index (χ4v) is 7.64. The summed E-state index contributed by atoms with van der Waals surface area (Å²) in [7, 11) is 0. The zero-order valence-electron chi connectivity index (χ0n) is 35.6. The number of rotatable bonds is 35. The predicted octanol–water partition coefficient (Wildman–Crippen LogP) is 8.55. The number of nitrogens with one attached hydrogen (secondary N) is 3. The smallest absolute Gasteiger partial charge is 0.407 e. The van der Waals surface area contributed by atoms with Crippen LogP contribution in [0.3, 0.4) is 0 Å². The van der Waals surface area contributed by atoms with Crippen LogP contribution < -0.4 is 16.0 Å². The minimum Gasteiger partial charge on any atom is -0.445 e. The lowest BCUT2D eigenvalue weighted by Crippen LogP contribution is -2.64. The molecule has 6 N–H and O–H groups in total. The van der Waals surface area contributed by atoms with E-state index in [0.717, 1.165) is 50.6 Å². The summed E-state index contributed by atoms with van der Waals surface area (Å²) < 4.78 is 11.1. The number of unbranched alkanes of at least 4 members (excludes halogenated alkanes) is 23. The van der Waals surface area contributed by atoms with Crippen molar-refractivity contribution in [2.45, 2.75) is 217 Å². The Kier molecular flexibility index (Phi) is 30.2. The van der Waals surface area contributed by atoms with Crippen molar-refractivity contribution in [3.63, 3.8) is 0 Å². The number of aliphatic hydroxyl groups is 3. The summed E-state index contributed by atoms with van der Waals surface area (Å²) in [4.78, 5) is 36.8. The normalized spacial score (nSPS) is 19.3. The van der Waals surface area contributed by atoms with Crippen molar-refractivity contribution >= 4 is 17.9 Å². The average molecular weight is 804 g/mol. The third kappa shape index (κ3) is 25.4. The number of alkyl carbamates (subject to hydrolysis) is 1. The molecule has 3 amide bonds. The molecule has 57 heavy (non-hydrogen) atoms. The van der Waals surface area contributed by atoms with E-state index in [1.165, 1.54) is 122 Å². The van der Waals surface area contributed by atoms with Crippen molar-refractivity contribution in [1.29, 1.82) is 0 Å². The van der Waals surface area contributed by atoms with Crippen molar-refractivity contribution in [1.82, 2.24) is 16.0 Å². The van der Waals surface area contributed by atoms with Gasteiger partial charge < -0.3 is 40.7 Å². The van der Waals surface area contributed by atoms with Crippen LogP contribution in [0.1, 0.15) is 186 Å². The Bertz CT molecular complexity index is 1140. The molecule has 5 atom stereocenters. The fourth-order valence-electron chi connectivity index (χ4n) is 7.64. The number of hydrogen-bond donors (Lipinski definition) is 6. The topological polar surface area (TPSA) is 166 Å². The lowest BCUT2D eigenvalue weighted by Gasteiger charge is -2.43. The van der Waals surface area contributed by atoms with E-state index in [1.807, 2.05) is 30.3 Å². The van der Waals surface area contributed by atoms with Gasteiger partial charge in [-0.2, -0.15) is 0 Å². The highest BCUT2D eigenvalue weighted by molar-refractivity contribution is 5.82. The van der Waals surface area contributed by atoms with Crippen LogP contribution in [0.25, 0.3) is 0 Å². The first kappa shape index (κ1) is 50.4. The largest absolute Gasteiger partial charge is 0.445 e. The van der Waals surface area contributed by atoms with Crippen molar-refractivity contribution in [3.8, 4) is 0 Å². The van der Waals surface area contributed by atoms with Gasteiger partial charge in [0.25, 0.3) is 0 Å². The molecule has 0 aliphatic carbocycles. The van der Waals surface area contributed by atoms with Crippen LogP contribution in [0.15, 0.2) is 30.3 Å². The van der Waals surface area contributed by atoms with E-state index in [1.54, 1.807) is 0 Å². The van der Waals surface area contributed by atoms with Crippen molar-refractivity contribution < 1.29 is 39.2 Å². The molecule has 1 aromatic carbocycles. The van der Waals surface area contributed by atoms with Crippen LogP contribution in [0.5, 0.6) is 0 Å². The van der Waals surface area contributed by atoms with Gasteiger partial charge in [0.2, 0.25) is 11.8 Å². The molecule has 1 fully saturated rings. The maximum Gasteiger partial charge on any atom is 0.407 e. The molecule has 2 rings (SSSR count). The van der Waals surface area contributed by atoms with Crippen LogP contribution in [-0.4, -0.2) is 83.4 Å². The fraction of sp³-hybridized carbons (Fsp3) is 0.804. The van der Waals surface area contributed by atoms with Gasteiger partial charge in [-0.15, -0.1) is 0 Å². The van der Waals surface area contributed by atoms with E-state index in [-0.39, 0.29) is 19.1 Å². The van der Waals surface area contributed by atoms with Crippen molar-refractivity contribution in [2.75, 3.05) is 19.7 Å². The van der Waals surface area contributed by atoms with Crippen LogP contribution in [0.4, 0.5) is 4.79 Å². The van der Waals surface area contributed by atoms with E-state index in [2.05, 4.69) is 22.9 Å². The first-order valence-electron chi connectivity index (χ1n) is 23.0. The predicted molar refractivity (Wildman–Crippen MR) is 228 cm³/mol. The number of carbonyl (C=O) groups is 3. The van der Waals surface area contributed by atoms with Gasteiger partial charge in [-0.05, 0) is 24.8 Å². The summed E-state index contributed by atoms with van der Waals surface area (Å²) in [5.41, 5.74) is 0.822. The van der Waals surface area contributed by atoms with Crippen LogP contribution in [-0.2, 0) is 25.7 Å². The molecule has 0 saturated carbocycles. The Morgan fingerprint density at radius 2 is 1.12 bits per heavy atom. The number of ether oxygens (including phenoxy) is 2. The van der Waals surface area contributed by atoms with Gasteiger partial charge in [-0.25, -0.2) is 4.79 Å². The molecule has 0 unspecified atom stereocenters. The lowest BCUT2D eigenvalue weighted by atomic mass is 9.90. The molecule has 1 aromatic rings. The van der Waals surface area contributed by atoms with Crippen molar-refractivity contribution in [2.24, 2.45) is 0 Å². The molecule has 0 aromatic heterocycles.